The molecule has 2 aromatic rings. The molecule has 0 spiro atoms. The first kappa shape index (κ1) is 13.1. The molecule has 2 nitrogen and oxygen atoms in total. The third-order valence-corrected chi connectivity index (χ3v) is 3.19. The maximum Gasteiger partial charge on any atom is 0.132 e. The van der Waals surface area contributed by atoms with Crippen LogP contribution in [0.3, 0.4) is 0 Å². The Morgan fingerprint density at radius 2 is 2.06 bits per heavy atom. The Bertz CT molecular complexity index is 502. The quantitative estimate of drug-likeness (QED) is 0.775. The Morgan fingerprint density at radius 3 is 2.83 bits per heavy atom. The maximum absolute atomic E-state index is 13.5. The van der Waals surface area contributed by atoms with Gasteiger partial charge in [-0.1, -0.05) is 19.9 Å². The molecule has 3 heteroatoms. The van der Waals surface area contributed by atoms with Gasteiger partial charge in [-0.25, -0.2) is 4.39 Å². The summed E-state index contributed by atoms with van der Waals surface area (Å²) in [6.07, 6.45) is 3.15. The van der Waals surface area contributed by atoms with Crippen LogP contribution in [-0.4, -0.2) is 17.7 Å². The van der Waals surface area contributed by atoms with E-state index in [1.807, 2.05) is 18.3 Å². The Hall–Kier alpha value is -1.35. The van der Waals surface area contributed by atoms with E-state index >= 15 is 0 Å². The molecule has 0 bridgehead atoms. The summed E-state index contributed by atoms with van der Waals surface area (Å²) in [5.74, 6) is 0.595. The molecule has 0 saturated carbocycles. The van der Waals surface area contributed by atoms with Crippen LogP contribution in [0.2, 0.25) is 0 Å². The highest BCUT2D eigenvalue weighted by Crippen LogP contribution is 2.18. The molecule has 0 aliphatic heterocycles. The molecule has 0 radical (unpaired) electrons. The molecule has 0 unspecified atom stereocenters. The van der Waals surface area contributed by atoms with E-state index in [0.717, 1.165) is 31.1 Å². The maximum atomic E-state index is 13.5. The highest BCUT2D eigenvalue weighted by atomic mass is 19.1. The Kier molecular flexibility index (Phi) is 4.37. The molecule has 0 aliphatic carbocycles. The largest absolute Gasteiger partial charge is 0.346 e. The minimum absolute atomic E-state index is 0.140. The highest BCUT2D eigenvalue weighted by molar-refractivity contribution is 5.80. The Morgan fingerprint density at radius 1 is 1.22 bits per heavy atom. The number of benzene rings is 1. The smallest absolute Gasteiger partial charge is 0.132 e. The molecule has 98 valence electrons. The number of aromatic nitrogens is 1. The van der Waals surface area contributed by atoms with E-state index in [1.54, 1.807) is 6.07 Å². The van der Waals surface area contributed by atoms with Crippen LogP contribution in [0, 0.1) is 11.7 Å². The molecule has 0 amide bonds. The van der Waals surface area contributed by atoms with Crippen LogP contribution < -0.4 is 5.32 Å². The van der Waals surface area contributed by atoms with Crippen molar-refractivity contribution in [3.8, 4) is 0 Å². The fourth-order valence-corrected chi connectivity index (χ4v) is 2.10. The van der Waals surface area contributed by atoms with Gasteiger partial charge in [-0.15, -0.1) is 0 Å². The van der Waals surface area contributed by atoms with Crippen molar-refractivity contribution in [1.82, 2.24) is 9.88 Å². The zero-order valence-corrected chi connectivity index (χ0v) is 11.1. The van der Waals surface area contributed by atoms with Crippen LogP contribution in [-0.2, 0) is 6.54 Å². The average Bonchev–Trinajstić information content (AvgIpc) is 2.73. The fourth-order valence-electron chi connectivity index (χ4n) is 2.10. The van der Waals surface area contributed by atoms with Crippen molar-refractivity contribution in [3.63, 3.8) is 0 Å². The summed E-state index contributed by atoms with van der Waals surface area (Å²) in [6.45, 7) is 7.30. The number of halogens is 1. The fraction of sp³-hybridized carbons (Fsp3) is 0.467. The van der Waals surface area contributed by atoms with Crippen LogP contribution in [0.15, 0.2) is 30.5 Å². The second-order valence-corrected chi connectivity index (χ2v) is 5.11. The Balaban J connectivity index is 1.90. The zero-order valence-electron chi connectivity index (χ0n) is 11.1. The lowest BCUT2D eigenvalue weighted by molar-refractivity contribution is 0.522. The molecule has 0 aliphatic rings. The van der Waals surface area contributed by atoms with E-state index in [9.17, 15) is 4.39 Å². The Labute approximate surface area is 108 Å². The van der Waals surface area contributed by atoms with Gasteiger partial charge in [0.25, 0.3) is 0 Å². The van der Waals surface area contributed by atoms with Crippen LogP contribution in [0.5, 0.6) is 0 Å². The molecule has 1 N–H and O–H groups in total. The van der Waals surface area contributed by atoms with Gasteiger partial charge in [0.2, 0.25) is 0 Å². The number of nitrogens with one attached hydrogen (secondary N) is 1. The van der Waals surface area contributed by atoms with Crippen LogP contribution >= 0.6 is 0 Å². The second-order valence-electron chi connectivity index (χ2n) is 5.11. The first-order chi connectivity index (χ1) is 8.68. The summed E-state index contributed by atoms with van der Waals surface area (Å²) >= 11 is 0. The highest BCUT2D eigenvalue weighted by Gasteiger charge is 2.04. The predicted molar refractivity (Wildman–Crippen MR) is 74.2 cm³/mol. The minimum atomic E-state index is -0.140. The number of hydrogen-bond donors (Lipinski definition) is 1. The van der Waals surface area contributed by atoms with Gasteiger partial charge in [0.1, 0.15) is 5.82 Å². The predicted octanol–water partition coefficient (Wildman–Crippen LogP) is 3.42. The van der Waals surface area contributed by atoms with Gasteiger partial charge in [-0.05, 0) is 37.1 Å². The summed E-state index contributed by atoms with van der Waals surface area (Å²) in [5.41, 5.74) is 0.973. The lowest BCUT2D eigenvalue weighted by atomic mass is 10.1. The third-order valence-electron chi connectivity index (χ3n) is 3.19. The second kappa shape index (κ2) is 6.01. The van der Waals surface area contributed by atoms with E-state index in [2.05, 4.69) is 23.7 Å². The average molecular weight is 248 g/mol. The van der Waals surface area contributed by atoms with Gasteiger partial charge in [0.05, 0.1) is 5.52 Å². The van der Waals surface area contributed by atoms with Crippen LogP contribution in [0.25, 0.3) is 10.9 Å². The van der Waals surface area contributed by atoms with Crippen molar-refractivity contribution in [3.05, 3.63) is 36.3 Å². The lowest BCUT2D eigenvalue weighted by Crippen LogP contribution is -2.21. The molecular weight excluding hydrogens is 227 g/mol. The topological polar surface area (TPSA) is 17.0 Å². The molecule has 1 aromatic carbocycles. The number of rotatable bonds is 6. The third kappa shape index (κ3) is 3.10. The molecule has 0 atom stereocenters. The number of hydrogen-bond acceptors (Lipinski definition) is 1. The zero-order chi connectivity index (χ0) is 13.0. The molecule has 1 heterocycles. The van der Waals surface area contributed by atoms with Gasteiger partial charge in [0.15, 0.2) is 0 Å². The van der Waals surface area contributed by atoms with E-state index in [4.69, 9.17) is 0 Å². The van der Waals surface area contributed by atoms with Crippen LogP contribution in [0.1, 0.15) is 20.3 Å². The molecular formula is C15H21FN2. The minimum Gasteiger partial charge on any atom is -0.346 e. The van der Waals surface area contributed by atoms with Gasteiger partial charge >= 0.3 is 0 Å². The van der Waals surface area contributed by atoms with Gasteiger partial charge in [-0.3, -0.25) is 0 Å². The molecule has 1 aromatic heterocycles. The van der Waals surface area contributed by atoms with Crippen molar-refractivity contribution >= 4 is 10.9 Å². The number of nitrogens with zero attached hydrogens (tertiary/aromatic N) is 1. The van der Waals surface area contributed by atoms with Gasteiger partial charge in [-0.2, -0.15) is 0 Å². The summed E-state index contributed by atoms with van der Waals surface area (Å²) < 4.78 is 15.6. The summed E-state index contributed by atoms with van der Waals surface area (Å²) in [4.78, 5) is 0. The molecule has 18 heavy (non-hydrogen) atoms. The molecule has 2 rings (SSSR count). The first-order valence-corrected chi connectivity index (χ1v) is 6.62. The standard InChI is InChI=1S/C15H21FN2/c1-12(2)6-8-17-9-11-18-10-7-13-14(16)4-3-5-15(13)18/h3-5,7,10,12,17H,6,8-9,11H2,1-2H3. The van der Waals surface area contributed by atoms with E-state index in [1.165, 1.54) is 12.5 Å². The van der Waals surface area contributed by atoms with E-state index in [-0.39, 0.29) is 5.82 Å². The SMILES string of the molecule is CC(C)CCNCCn1ccc2c(F)cccc21. The van der Waals surface area contributed by atoms with Crippen molar-refractivity contribution < 1.29 is 4.39 Å². The van der Waals surface area contributed by atoms with Crippen molar-refractivity contribution in [2.45, 2.75) is 26.8 Å². The molecule has 0 saturated heterocycles. The van der Waals surface area contributed by atoms with Crippen molar-refractivity contribution in [2.75, 3.05) is 13.1 Å². The first-order valence-electron chi connectivity index (χ1n) is 6.62. The van der Waals surface area contributed by atoms with Crippen molar-refractivity contribution in [1.29, 1.82) is 0 Å². The van der Waals surface area contributed by atoms with E-state index < -0.39 is 0 Å². The number of fused-ring (bicyclic) bond motifs is 1. The monoisotopic (exact) mass is 248 g/mol. The summed E-state index contributed by atoms with van der Waals surface area (Å²) in [5, 5.41) is 4.13. The summed E-state index contributed by atoms with van der Waals surface area (Å²) in [7, 11) is 0. The van der Waals surface area contributed by atoms with E-state index in [0.29, 0.717) is 5.39 Å². The van der Waals surface area contributed by atoms with Gasteiger partial charge in [0, 0.05) is 24.7 Å². The lowest BCUT2D eigenvalue weighted by Gasteiger charge is -2.08. The summed E-state index contributed by atoms with van der Waals surface area (Å²) in [6, 6.07) is 7.08. The molecule has 0 fully saturated rings. The van der Waals surface area contributed by atoms with Crippen molar-refractivity contribution in [2.24, 2.45) is 5.92 Å². The van der Waals surface area contributed by atoms with Gasteiger partial charge < -0.3 is 9.88 Å². The normalized spacial score (nSPS) is 11.6. The van der Waals surface area contributed by atoms with Crippen LogP contribution in [0.4, 0.5) is 4.39 Å².